The van der Waals surface area contributed by atoms with E-state index in [1.807, 2.05) is 6.07 Å². The number of carbonyl (C=O) groups excluding carboxylic acids is 2. The van der Waals surface area contributed by atoms with Gasteiger partial charge in [0.1, 0.15) is 0 Å². The van der Waals surface area contributed by atoms with Gasteiger partial charge in [-0.25, -0.2) is 4.79 Å². The minimum atomic E-state index is -0.0893. The molecule has 0 amide bonds. The Kier molecular flexibility index (Phi) is 3.24. The Balaban J connectivity index is 2.38. The second-order valence-corrected chi connectivity index (χ2v) is 3.45. The van der Waals surface area contributed by atoms with Gasteiger partial charge in [-0.2, -0.15) is 4.99 Å². The summed E-state index contributed by atoms with van der Waals surface area (Å²) in [5.41, 5.74) is 1.55. The molecule has 0 fully saturated rings. The third kappa shape index (κ3) is 2.54. The molecule has 0 atom stereocenters. The van der Waals surface area contributed by atoms with Crippen LogP contribution in [0.3, 0.4) is 0 Å². The standard InChI is InChI=1S/C14H9NO2/c16-10-15-13-8-4-7-12(9-13)14(17)11-5-2-1-3-6-11/h1-9H. The maximum atomic E-state index is 12.1. The van der Waals surface area contributed by atoms with Gasteiger partial charge in [0.05, 0.1) is 5.69 Å². The van der Waals surface area contributed by atoms with Gasteiger partial charge in [0.15, 0.2) is 5.78 Å². The second kappa shape index (κ2) is 5.01. The lowest BCUT2D eigenvalue weighted by molar-refractivity contribution is 0.103. The smallest absolute Gasteiger partial charge is 0.240 e. The van der Waals surface area contributed by atoms with Crippen molar-refractivity contribution in [1.82, 2.24) is 0 Å². The molecule has 0 N–H and O–H groups in total. The molecule has 0 radical (unpaired) electrons. The van der Waals surface area contributed by atoms with Crippen LogP contribution < -0.4 is 0 Å². The fourth-order valence-electron chi connectivity index (χ4n) is 1.53. The van der Waals surface area contributed by atoms with Crippen LogP contribution in [-0.2, 0) is 4.79 Å². The first-order chi connectivity index (χ1) is 8.31. The van der Waals surface area contributed by atoms with Crippen LogP contribution in [0.4, 0.5) is 5.69 Å². The highest BCUT2D eigenvalue weighted by molar-refractivity contribution is 6.09. The van der Waals surface area contributed by atoms with Gasteiger partial charge in [0.2, 0.25) is 6.08 Å². The lowest BCUT2D eigenvalue weighted by Crippen LogP contribution is -2.00. The van der Waals surface area contributed by atoms with E-state index in [1.54, 1.807) is 48.5 Å². The Bertz CT molecular complexity index is 584. The molecule has 2 rings (SSSR count). The lowest BCUT2D eigenvalue weighted by atomic mass is 10.0. The van der Waals surface area contributed by atoms with Crippen LogP contribution in [0.1, 0.15) is 15.9 Å². The lowest BCUT2D eigenvalue weighted by Gasteiger charge is -2.01. The van der Waals surface area contributed by atoms with Crippen molar-refractivity contribution in [3.8, 4) is 0 Å². The molecule has 0 aliphatic heterocycles. The number of aliphatic imine (C=N–C) groups is 1. The number of rotatable bonds is 3. The molecule has 0 heterocycles. The normalized spacial score (nSPS) is 9.41. The van der Waals surface area contributed by atoms with Crippen molar-refractivity contribution < 1.29 is 9.59 Å². The average Bonchev–Trinajstić information content (AvgIpc) is 2.40. The quantitative estimate of drug-likeness (QED) is 0.456. The Hall–Kier alpha value is -2.51. The molecule has 2 aromatic carbocycles. The maximum absolute atomic E-state index is 12.1. The van der Waals surface area contributed by atoms with Gasteiger partial charge in [-0.05, 0) is 12.1 Å². The highest BCUT2D eigenvalue weighted by Gasteiger charge is 2.08. The Morgan fingerprint density at radius 2 is 1.65 bits per heavy atom. The molecule has 3 nitrogen and oxygen atoms in total. The second-order valence-electron chi connectivity index (χ2n) is 3.45. The topological polar surface area (TPSA) is 46.5 Å². The zero-order chi connectivity index (χ0) is 12.1. The summed E-state index contributed by atoms with van der Waals surface area (Å²) in [5, 5.41) is 0. The number of isocyanates is 1. The zero-order valence-electron chi connectivity index (χ0n) is 8.96. The first-order valence-corrected chi connectivity index (χ1v) is 5.09. The van der Waals surface area contributed by atoms with Gasteiger partial charge >= 0.3 is 0 Å². The van der Waals surface area contributed by atoms with Gasteiger partial charge in [0, 0.05) is 11.1 Å². The summed E-state index contributed by atoms with van der Waals surface area (Å²) >= 11 is 0. The molecular formula is C14H9NO2. The number of ketones is 1. The predicted octanol–water partition coefficient (Wildman–Crippen LogP) is 2.88. The third-order valence-electron chi connectivity index (χ3n) is 2.32. The third-order valence-corrected chi connectivity index (χ3v) is 2.32. The summed E-state index contributed by atoms with van der Waals surface area (Å²) in [4.78, 5) is 25.7. The number of hydrogen-bond acceptors (Lipinski definition) is 3. The molecule has 0 spiro atoms. The number of benzene rings is 2. The molecule has 3 heteroatoms. The number of nitrogens with zero attached hydrogens (tertiary/aromatic N) is 1. The van der Waals surface area contributed by atoms with E-state index in [-0.39, 0.29) is 5.78 Å². The van der Waals surface area contributed by atoms with E-state index in [0.717, 1.165) is 0 Å². The summed E-state index contributed by atoms with van der Waals surface area (Å²) in [6.45, 7) is 0. The van der Waals surface area contributed by atoms with Crippen LogP contribution in [-0.4, -0.2) is 11.9 Å². The summed E-state index contributed by atoms with van der Waals surface area (Å²) in [6.07, 6.45) is 1.45. The minimum Gasteiger partial charge on any atom is -0.289 e. The molecule has 0 unspecified atom stereocenters. The van der Waals surface area contributed by atoms with E-state index < -0.39 is 0 Å². The van der Waals surface area contributed by atoms with Crippen molar-refractivity contribution in [3.05, 3.63) is 65.7 Å². The van der Waals surface area contributed by atoms with Crippen LogP contribution in [0.2, 0.25) is 0 Å². The summed E-state index contributed by atoms with van der Waals surface area (Å²) in [6, 6.07) is 15.6. The molecule has 0 aromatic heterocycles. The molecule has 0 aliphatic carbocycles. The molecular weight excluding hydrogens is 214 g/mol. The van der Waals surface area contributed by atoms with E-state index >= 15 is 0 Å². The van der Waals surface area contributed by atoms with E-state index in [2.05, 4.69) is 4.99 Å². The SMILES string of the molecule is O=C=Nc1cccc(C(=O)c2ccccc2)c1. The van der Waals surface area contributed by atoms with Crippen molar-refractivity contribution in [2.45, 2.75) is 0 Å². The molecule has 82 valence electrons. The van der Waals surface area contributed by atoms with Crippen LogP contribution in [0.25, 0.3) is 0 Å². The zero-order valence-corrected chi connectivity index (χ0v) is 8.96. The highest BCUT2D eigenvalue weighted by Crippen LogP contribution is 2.16. The van der Waals surface area contributed by atoms with Crippen molar-refractivity contribution in [1.29, 1.82) is 0 Å². The summed E-state index contributed by atoms with van der Waals surface area (Å²) in [5.74, 6) is -0.0893. The van der Waals surface area contributed by atoms with Crippen molar-refractivity contribution in [2.24, 2.45) is 4.99 Å². The van der Waals surface area contributed by atoms with Crippen LogP contribution in [0.5, 0.6) is 0 Å². The fourth-order valence-corrected chi connectivity index (χ4v) is 1.53. The molecule has 0 aliphatic rings. The highest BCUT2D eigenvalue weighted by atomic mass is 16.1. The van der Waals surface area contributed by atoms with Gasteiger partial charge in [-0.15, -0.1) is 0 Å². The Labute approximate surface area is 98.4 Å². The number of hydrogen-bond donors (Lipinski definition) is 0. The predicted molar refractivity (Wildman–Crippen MR) is 64.1 cm³/mol. The van der Waals surface area contributed by atoms with Crippen LogP contribution >= 0.6 is 0 Å². The first-order valence-electron chi connectivity index (χ1n) is 5.09. The van der Waals surface area contributed by atoms with Crippen molar-refractivity contribution in [3.63, 3.8) is 0 Å². The van der Waals surface area contributed by atoms with Crippen molar-refractivity contribution >= 4 is 17.6 Å². The Morgan fingerprint density at radius 3 is 2.35 bits per heavy atom. The fraction of sp³-hybridized carbons (Fsp3) is 0. The average molecular weight is 223 g/mol. The molecule has 0 saturated heterocycles. The minimum absolute atomic E-state index is 0.0893. The molecule has 0 bridgehead atoms. The van der Waals surface area contributed by atoms with Gasteiger partial charge in [-0.1, -0.05) is 42.5 Å². The van der Waals surface area contributed by atoms with Gasteiger partial charge in [0.25, 0.3) is 0 Å². The summed E-state index contributed by atoms with van der Waals surface area (Å²) in [7, 11) is 0. The maximum Gasteiger partial charge on any atom is 0.240 e. The number of carbonyl (C=O) groups is 1. The largest absolute Gasteiger partial charge is 0.289 e. The molecule has 17 heavy (non-hydrogen) atoms. The van der Waals surface area contributed by atoms with E-state index in [0.29, 0.717) is 16.8 Å². The van der Waals surface area contributed by atoms with E-state index in [4.69, 9.17) is 0 Å². The van der Waals surface area contributed by atoms with Crippen LogP contribution in [0.15, 0.2) is 59.6 Å². The molecule has 2 aromatic rings. The summed E-state index contributed by atoms with van der Waals surface area (Å²) < 4.78 is 0. The monoisotopic (exact) mass is 223 g/mol. The van der Waals surface area contributed by atoms with Crippen molar-refractivity contribution in [2.75, 3.05) is 0 Å². The van der Waals surface area contributed by atoms with E-state index in [9.17, 15) is 9.59 Å². The van der Waals surface area contributed by atoms with Crippen LogP contribution in [0, 0.1) is 0 Å². The van der Waals surface area contributed by atoms with Gasteiger partial charge in [-0.3, -0.25) is 4.79 Å². The van der Waals surface area contributed by atoms with Gasteiger partial charge < -0.3 is 0 Å². The Morgan fingerprint density at radius 1 is 0.941 bits per heavy atom. The molecule has 0 saturated carbocycles. The van der Waals surface area contributed by atoms with E-state index in [1.165, 1.54) is 6.08 Å². The first kappa shape index (κ1) is 11.0.